The van der Waals surface area contributed by atoms with E-state index < -0.39 is 6.61 Å². The van der Waals surface area contributed by atoms with Crippen LogP contribution >= 0.6 is 0 Å². The van der Waals surface area contributed by atoms with E-state index in [1.54, 1.807) is 37.4 Å². The Labute approximate surface area is 159 Å². The molecule has 0 spiro atoms. The molecule has 3 rings (SSSR count). The first-order chi connectivity index (χ1) is 13.5. The number of tetrazole rings is 1. The Kier molecular flexibility index (Phi) is 5.78. The van der Waals surface area contributed by atoms with Gasteiger partial charge >= 0.3 is 6.61 Å². The van der Waals surface area contributed by atoms with E-state index >= 15 is 0 Å². The molecule has 146 valence electrons. The average molecular weight is 389 g/mol. The molecule has 0 aliphatic rings. The minimum atomic E-state index is -2.97. The molecule has 0 N–H and O–H groups in total. The highest BCUT2D eigenvalue weighted by Gasteiger charge is 2.16. The van der Waals surface area contributed by atoms with Crippen molar-refractivity contribution in [1.29, 1.82) is 0 Å². The van der Waals surface area contributed by atoms with Crippen molar-refractivity contribution in [2.45, 2.75) is 13.2 Å². The second-order valence-electron chi connectivity index (χ2n) is 5.83. The van der Waals surface area contributed by atoms with Crippen LogP contribution in [0.2, 0.25) is 0 Å². The van der Waals surface area contributed by atoms with Crippen LogP contribution in [0, 0.1) is 0 Å². The number of ether oxygens (including phenoxy) is 2. The van der Waals surface area contributed by atoms with Gasteiger partial charge in [-0.1, -0.05) is 12.1 Å². The Morgan fingerprint density at radius 2 is 2.04 bits per heavy atom. The van der Waals surface area contributed by atoms with Gasteiger partial charge in [0.05, 0.1) is 12.8 Å². The molecule has 0 radical (unpaired) electrons. The molecular formula is C18H17F2N5O3. The molecular weight excluding hydrogens is 372 g/mol. The van der Waals surface area contributed by atoms with Crippen LogP contribution in [-0.2, 0) is 6.54 Å². The lowest BCUT2D eigenvalue weighted by molar-refractivity contribution is -0.0512. The van der Waals surface area contributed by atoms with Gasteiger partial charge in [-0.2, -0.15) is 8.78 Å². The Hall–Kier alpha value is -3.56. The van der Waals surface area contributed by atoms with E-state index in [1.165, 1.54) is 35.2 Å². The van der Waals surface area contributed by atoms with E-state index in [2.05, 4.69) is 20.3 Å². The molecule has 3 aromatic rings. The molecule has 0 saturated heterocycles. The number of benzene rings is 2. The number of halogens is 2. The fraction of sp³-hybridized carbons (Fsp3) is 0.222. The van der Waals surface area contributed by atoms with Crippen molar-refractivity contribution in [3.05, 3.63) is 59.9 Å². The van der Waals surface area contributed by atoms with Crippen LogP contribution < -0.4 is 9.47 Å². The summed E-state index contributed by atoms with van der Waals surface area (Å²) in [7, 11) is 2.98. The van der Waals surface area contributed by atoms with Gasteiger partial charge in [-0.25, -0.2) is 4.68 Å². The second-order valence-corrected chi connectivity index (χ2v) is 5.83. The first-order valence-corrected chi connectivity index (χ1v) is 8.18. The zero-order chi connectivity index (χ0) is 20.1. The van der Waals surface area contributed by atoms with E-state index in [-0.39, 0.29) is 24.0 Å². The number of aromatic nitrogens is 4. The quantitative estimate of drug-likeness (QED) is 0.618. The summed E-state index contributed by atoms with van der Waals surface area (Å²) in [6, 6.07) is 11.4. The van der Waals surface area contributed by atoms with E-state index in [9.17, 15) is 13.6 Å². The Morgan fingerprint density at radius 3 is 2.71 bits per heavy atom. The highest BCUT2D eigenvalue weighted by molar-refractivity contribution is 5.94. The highest BCUT2D eigenvalue weighted by Crippen LogP contribution is 2.30. The zero-order valence-electron chi connectivity index (χ0n) is 15.1. The van der Waals surface area contributed by atoms with Crippen molar-refractivity contribution < 1.29 is 23.0 Å². The number of methoxy groups -OCH3 is 1. The minimum absolute atomic E-state index is 0.0865. The smallest absolute Gasteiger partial charge is 0.387 e. The van der Waals surface area contributed by atoms with Gasteiger partial charge in [0.2, 0.25) is 0 Å². The Bertz CT molecular complexity index is 950. The SMILES string of the molecule is COc1ccc(CN(C)C(=O)c2cccc(-n3cnnn3)c2)cc1OC(F)F. The molecule has 2 aromatic carbocycles. The molecule has 8 nitrogen and oxygen atoms in total. The summed E-state index contributed by atoms with van der Waals surface area (Å²) in [6.07, 6.45) is 1.43. The summed E-state index contributed by atoms with van der Waals surface area (Å²) >= 11 is 0. The van der Waals surface area contributed by atoms with Gasteiger partial charge in [0.25, 0.3) is 5.91 Å². The Balaban J connectivity index is 1.77. The van der Waals surface area contributed by atoms with E-state index in [0.29, 0.717) is 16.8 Å². The van der Waals surface area contributed by atoms with Crippen LogP contribution in [0.4, 0.5) is 8.78 Å². The molecule has 0 atom stereocenters. The number of nitrogens with zero attached hydrogens (tertiary/aromatic N) is 5. The predicted octanol–water partition coefficient (Wildman–Crippen LogP) is 2.54. The first-order valence-electron chi connectivity index (χ1n) is 8.18. The fourth-order valence-corrected chi connectivity index (χ4v) is 2.63. The molecule has 1 aromatic heterocycles. The molecule has 0 aliphatic carbocycles. The van der Waals surface area contributed by atoms with Crippen molar-refractivity contribution in [3.8, 4) is 17.2 Å². The van der Waals surface area contributed by atoms with Gasteiger partial charge in [0, 0.05) is 19.2 Å². The van der Waals surface area contributed by atoms with Crippen molar-refractivity contribution in [3.63, 3.8) is 0 Å². The van der Waals surface area contributed by atoms with E-state index in [0.717, 1.165) is 0 Å². The fourth-order valence-electron chi connectivity index (χ4n) is 2.63. The van der Waals surface area contributed by atoms with Crippen molar-refractivity contribution in [2.75, 3.05) is 14.2 Å². The lowest BCUT2D eigenvalue weighted by Crippen LogP contribution is -2.26. The number of rotatable bonds is 7. The van der Waals surface area contributed by atoms with E-state index in [4.69, 9.17) is 4.74 Å². The van der Waals surface area contributed by atoms with Gasteiger partial charge in [0.1, 0.15) is 6.33 Å². The maximum Gasteiger partial charge on any atom is 0.387 e. The number of hydrogen-bond acceptors (Lipinski definition) is 6. The molecule has 28 heavy (non-hydrogen) atoms. The van der Waals surface area contributed by atoms with Crippen LogP contribution in [0.25, 0.3) is 5.69 Å². The third-order valence-electron chi connectivity index (χ3n) is 3.92. The number of amides is 1. The summed E-state index contributed by atoms with van der Waals surface area (Å²) in [5.74, 6) is -0.147. The minimum Gasteiger partial charge on any atom is -0.493 e. The Morgan fingerprint density at radius 1 is 1.21 bits per heavy atom. The van der Waals surface area contributed by atoms with E-state index in [1.807, 2.05) is 0 Å². The van der Waals surface area contributed by atoms with Crippen molar-refractivity contribution >= 4 is 5.91 Å². The van der Waals surface area contributed by atoms with Crippen LogP contribution in [0.5, 0.6) is 11.5 Å². The lowest BCUT2D eigenvalue weighted by atomic mass is 10.1. The van der Waals surface area contributed by atoms with Crippen molar-refractivity contribution in [2.24, 2.45) is 0 Å². The average Bonchev–Trinajstić information content (AvgIpc) is 3.22. The molecule has 1 heterocycles. The molecule has 0 bridgehead atoms. The topological polar surface area (TPSA) is 82.4 Å². The summed E-state index contributed by atoms with van der Waals surface area (Å²) in [6.45, 7) is -2.78. The summed E-state index contributed by atoms with van der Waals surface area (Å²) in [5, 5.41) is 10.9. The standard InChI is InChI=1S/C18H17F2N5O3/c1-24(10-12-6-7-15(27-2)16(8-12)28-18(19)20)17(26)13-4-3-5-14(9-13)25-11-21-22-23-25/h3-9,11,18H,10H2,1-2H3. The predicted molar refractivity (Wildman–Crippen MR) is 94.6 cm³/mol. The summed E-state index contributed by atoms with van der Waals surface area (Å²) in [4.78, 5) is 14.2. The second kappa shape index (κ2) is 8.42. The number of hydrogen-bond donors (Lipinski definition) is 0. The lowest BCUT2D eigenvalue weighted by Gasteiger charge is -2.19. The maximum absolute atomic E-state index is 12.7. The third kappa shape index (κ3) is 4.40. The number of carbonyl (C=O) groups excluding carboxylic acids is 1. The summed E-state index contributed by atoms with van der Waals surface area (Å²) in [5.41, 5.74) is 1.69. The highest BCUT2D eigenvalue weighted by atomic mass is 19.3. The number of carbonyl (C=O) groups is 1. The molecule has 10 heteroatoms. The first kappa shape index (κ1) is 19.2. The zero-order valence-corrected chi connectivity index (χ0v) is 15.1. The van der Waals surface area contributed by atoms with Gasteiger partial charge in [-0.15, -0.1) is 5.10 Å². The van der Waals surface area contributed by atoms with Gasteiger partial charge in [0.15, 0.2) is 11.5 Å². The summed E-state index contributed by atoms with van der Waals surface area (Å²) < 4.78 is 36.1. The van der Waals surface area contributed by atoms with Crippen LogP contribution in [0.1, 0.15) is 15.9 Å². The van der Waals surface area contributed by atoms with Crippen LogP contribution in [0.15, 0.2) is 48.8 Å². The largest absolute Gasteiger partial charge is 0.493 e. The maximum atomic E-state index is 12.7. The molecule has 0 unspecified atom stereocenters. The monoisotopic (exact) mass is 389 g/mol. The van der Waals surface area contributed by atoms with Gasteiger partial charge < -0.3 is 14.4 Å². The van der Waals surface area contributed by atoms with Crippen molar-refractivity contribution in [1.82, 2.24) is 25.1 Å². The third-order valence-corrected chi connectivity index (χ3v) is 3.92. The van der Waals surface area contributed by atoms with Crippen LogP contribution in [0.3, 0.4) is 0 Å². The van der Waals surface area contributed by atoms with Crippen LogP contribution in [-0.4, -0.2) is 51.8 Å². The number of alkyl halides is 2. The molecule has 1 amide bonds. The van der Waals surface area contributed by atoms with Gasteiger partial charge in [-0.3, -0.25) is 4.79 Å². The molecule has 0 saturated carbocycles. The molecule has 0 aliphatic heterocycles. The normalized spacial score (nSPS) is 10.8. The molecule has 0 fully saturated rings. The van der Waals surface area contributed by atoms with Gasteiger partial charge in [-0.05, 0) is 46.3 Å².